The minimum absolute atomic E-state index is 0.167. The van der Waals surface area contributed by atoms with Crippen LogP contribution in [0.1, 0.15) is 41.3 Å². The molecular formula is C23H25N3O2. The van der Waals surface area contributed by atoms with E-state index in [1.54, 1.807) is 16.8 Å². The molecule has 0 saturated carbocycles. The van der Waals surface area contributed by atoms with Crippen LogP contribution in [0.25, 0.3) is 11.0 Å². The summed E-state index contributed by atoms with van der Waals surface area (Å²) in [5, 5.41) is 0.808. The Morgan fingerprint density at radius 3 is 2.75 bits per heavy atom. The molecule has 1 amide bonds. The van der Waals surface area contributed by atoms with Crippen LogP contribution in [0.3, 0.4) is 0 Å². The van der Waals surface area contributed by atoms with Crippen LogP contribution in [0.5, 0.6) is 0 Å². The SMILES string of the molecule is Cc1ccc(Cn2c(=O)c(C(=O)N3CCC[C@@H](C)C3)cc3cccnc32)cc1. The predicted octanol–water partition coefficient (Wildman–Crippen LogP) is 3.63. The minimum atomic E-state index is -0.269. The number of benzene rings is 1. The third-order valence-corrected chi connectivity index (χ3v) is 5.48. The number of nitrogens with zero attached hydrogens (tertiary/aromatic N) is 3. The minimum Gasteiger partial charge on any atom is -0.338 e. The number of amides is 1. The molecule has 0 radical (unpaired) electrons. The van der Waals surface area contributed by atoms with Gasteiger partial charge in [0.25, 0.3) is 11.5 Å². The standard InChI is InChI=1S/C23H25N3O2/c1-16-7-9-18(10-8-16)15-26-21-19(6-3-11-24-21)13-20(23(26)28)22(27)25-12-4-5-17(2)14-25/h3,6-11,13,17H,4-5,12,14-15H2,1-2H3/t17-/m1/s1. The van der Waals surface area contributed by atoms with Gasteiger partial charge in [-0.25, -0.2) is 4.98 Å². The average Bonchev–Trinajstić information content (AvgIpc) is 2.71. The molecule has 1 aliphatic heterocycles. The summed E-state index contributed by atoms with van der Waals surface area (Å²) >= 11 is 0. The largest absolute Gasteiger partial charge is 0.338 e. The van der Waals surface area contributed by atoms with Crippen LogP contribution in [-0.2, 0) is 6.54 Å². The van der Waals surface area contributed by atoms with Crippen molar-refractivity contribution in [2.24, 2.45) is 5.92 Å². The van der Waals surface area contributed by atoms with E-state index in [-0.39, 0.29) is 17.0 Å². The maximum atomic E-state index is 13.3. The van der Waals surface area contributed by atoms with Gasteiger partial charge in [-0.15, -0.1) is 0 Å². The molecule has 1 aliphatic rings. The summed E-state index contributed by atoms with van der Waals surface area (Å²) in [6.07, 6.45) is 3.80. The molecule has 4 rings (SSSR count). The molecule has 0 N–H and O–H groups in total. The van der Waals surface area contributed by atoms with Gasteiger partial charge < -0.3 is 4.90 Å². The van der Waals surface area contributed by atoms with Gasteiger partial charge in [-0.3, -0.25) is 14.2 Å². The highest BCUT2D eigenvalue weighted by molar-refractivity contribution is 5.97. The first-order valence-corrected chi connectivity index (χ1v) is 9.86. The van der Waals surface area contributed by atoms with E-state index in [0.717, 1.165) is 23.8 Å². The molecule has 1 aromatic carbocycles. The number of pyridine rings is 2. The van der Waals surface area contributed by atoms with Crippen molar-refractivity contribution in [3.63, 3.8) is 0 Å². The summed E-state index contributed by atoms with van der Waals surface area (Å²) in [5.41, 5.74) is 2.76. The second-order valence-electron chi connectivity index (χ2n) is 7.85. The van der Waals surface area contributed by atoms with Crippen LogP contribution >= 0.6 is 0 Å². The lowest BCUT2D eigenvalue weighted by atomic mass is 9.99. The van der Waals surface area contributed by atoms with Gasteiger partial charge in [0.15, 0.2) is 0 Å². The smallest absolute Gasteiger partial charge is 0.265 e. The number of carbonyl (C=O) groups excluding carboxylic acids is 1. The second kappa shape index (κ2) is 7.58. The number of rotatable bonds is 3. The quantitative estimate of drug-likeness (QED) is 0.702. The maximum Gasteiger partial charge on any atom is 0.265 e. The summed E-state index contributed by atoms with van der Waals surface area (Å²) in [5.74, 6) is 0.301. The van der Waals surface area contributed by atoms with Crippen molar-refractivity contribution in [1.82, 2.24) is 14.5 Å². The summed E-state index contributed by atoms with van der Waals surface area (Å²) < 4.78 is 1.63. The maximum absolute atomic E-state index is 13.3. The lowest BCUT2D eigenvalue weighted by Gasteiger charge is -2.31. The Balaban J connectivity index is 1.79. The van der Waals surface area contributed by atoms with Crippen LogP contribution in [0.4, 0.5) is 0 Å². The normalized spacial score (nSPS) is 17.1. The molecule has 5 heteroatoms. The highest BCUT2D eigenvalue weighted by atomic mass is 16.2. The van der Waals surface area contributed by atoms with E-state index in [0.29, 0.717) is 31.2 Å². The van der Waals surface area contributed by atoms with Gasteiger partial charge >= 0.3 is 0 Å². The highest BCUT2D eigenvalue weighted by Crippen LogP contribution is 2.19. The van der Waals surface area contributed by atoms with Crippen LogP contribution < -0.4 is 5.56 Å². The van der Waals surface area contributed by atoms with Gasteiger partial charge in [0, 0.05) is 24.7 Å². The number of carbonyl (C=O) groups is 1. The topological polar surface area (TPSA) is 55.2 Å². The number of hydrogen-bond donors (Lipinski definition) is 0. The Kier molecular flexibility index (Phi) is 4.99. The third-order valence-electron chi connectivity index (χ3n) is 5.48. The lowest BCUT2D eigenvalue weighted by molar-refractivity contribution is 0.0681. The average molecular weight is 375 g/mol. The summed E-state index contributed by atoms with van der Waals surface area (Å²) in [6, 6.07) is 13.5. The fourth-order valence-electron chi connectivity index (χ4n) is 3.93. The van der Waals surface area contributed by atoms with Gasteiger partial charge in [0.2, 0.25) is 0 Å². The number of fused-ring (bicyclic) bond motifs is 1. The monoisotopic (exact) mass is 375 g/mol. The molecular weight excluding hydrogens is 350 g/mol. The van der Waals surface area contributed by atoms with Crippen molar-refractivity contribution >= 4 is 16.9 Å². The van der Waals surface area contributed by atoms with E-state index in [1.165, 1.54) is 5.56 Å². The van der Waals surface area contributed by atoms with E-state index in [9.17, 15) is 9.59 Å². The van der Waals surface area contributed by atoms with Gasteiger partial charge in [0.1, 0.15) is 11.2 Å². The molecule has 3 heterocycles. The van der Waals surface area contributed by atoms with E-state index in [4.69, 9.17) is 0 Å². The molecule has 1 atom stereocenters. The molecule has 2 aromatic heterocycles. The molecule has 0 unspecified atom stereocenters. The van der Waals surface area contributed by atoms with E-state index < -0.39 is 0 Å². The Morgan fingerprint density at radius 2 is 2.00 bits per heavy atom. The van der Waals surface area contributed by atoms with Crippen LogP contribution in [-0.4, -0.2) is 33.4 Å². The zero-order valence-corrected chi connectivity index (χ0v) is 16.4. The van der Waals surface area contributed by atoms with E-state index in [2.05, 4.69) is 11.9 Å². The number of hydrogen-bond acceptors (Lipinski definition) is 3. The summed E-state index contributed by atoms with van der Waals surface area (Å²) in [7, 11) is 0. The highest BCUT2D eigenvalue weighted by Gasteiger charge is 2.25. The molecule has 0 spiro atoms. The first-order valence-electron chi connectivity index (χ1n) is 9.86. The number of aromatic nitrogens is 2. The molecule has 0 aliphatic carbocycles. The van der Waals surface area contributed by atoms with Crippen molar-refractivity contribution in [2.45, 2.75) is 33.2 Å². The molecule has 5 nitrogen and oxygen atoms in total. The molecule has 144 valence electrons. The Bertz CT molecular complexity index is 1070. The predicted molar refractivity (Wildman–Crippen MR) is 111 cm³/mol. The molecule has 0 bridgehead atoms. The van der Waals surface area contributed by atoms with E-state index in [1.807, 2.05) is 48.2 Å². The van der Waals surface area contributed by atoms with Crippen LogP contribution in [0.15, 0.2) is 53.5 Å². The third kappa shape index (κ3) is 3.57. The van der Waals surface area contributed by atoms with Gasteiger partial charge in [-0.2, -0.15) is 0 Å². The second-order valence-corrected chi connectivity index (χ2v) is 7.85. The van der Waals surface area contributed by atoms with E-state index >= 15 is 0 Å². The van der Waals surface area contributed by atoms with Crippen molar-refractivity contribution in [3.05, 3.63) is 75.7 Å². The molecule has 3 aromatic rings. The zero-order chi connectivity index (χ0) is 19.7. The fourth-order valence-corrected chi connectivity index (χ4v) is 3.93. The zero-order valence-electron chi connectivity index (χ0n) is 16.4. The Morgan fingerprint density at radius 1 is 1.21 bits per heavy atom. The number of aryl methyl sites for hydroxylation is 1. The summed E-state index contributed by atoms with van der Waals surface area (Å²) in [6.45, 7) is 6.00. The Labute approximate surface area is 164 Å². The van der Waals surface area contributed by atoms with Crippen molar-refractivity contribution in [3.8, 4) is 0 Å². The van der Waals surface area contributed by atoms with Crippen LogP contribution in [0.2, 0.25) is 0 Å². The Hall–Kier alpha value is -2.95. The molecule has 28 heavy (non-hydrogen) atoms. The number of likely N-dealkylation sites (tertiary alicyclic amines) is 1. The first kappa shape index (κ1) is 18.4. The van der Waals surface area contributed by atoms with Crippen molar-refractivity contribution in [2.75, 3.05) is 13.1 Å². The lowest BCUT2D eigenvalue weighted by Crippen LogP contribution is -2.42. The first-order chi connectivity index (χ1) is 13.5. The van der Waals surface area contributed by atoms with Crippen molar-refractivity contribution < 1.29 is 4.79 Å². The van der Waals surface area contributed by atoms with Gasteiger partial charge in [0.05, 0.1) is 6.54 Å². The molecule has 1 fully saturated rings. The summed E-state index contributed by atoms with van der Waals surface area (Å²) in [4.78, 5) is 32.7. The number of piperidine rings is 1. The van der Waals surface area contributed by atoms with Gasteiger partial charge in [-0.1, -0.05) is 36.8 Å². The van der Waals surface area contributed by atoms with Crippen LogP contribution in [0, 0.1) is 12.8 Å². The molecule has 1 saturated heterocycles. The van der Waals surface area contributed by atoms with Gasteiger partial charge in [-0.05, 0) is 49.4 Å². The fraction of sp³-hybridized carbons (Fsp3) is 0.348. The van der Waals surface area contributed by atoms with Crippen molar-refractivity contribution in [1.29, 1.82) is 0 Å².